The van der Waals surface area contributed by atoms with Crippen LogP contribution in [0.1, 0.15) is 32.6 Å². The first-order valence-electron chi connectivity index (χ1n) is 9.46. The van der Waals surface area contributed by atoms with E-state index in [4.69, 9.17) is 4.74 Å². The molecule has 0 saturated carbocycles. The summed E-state index contributed by atoms with van der Waals surface area (Å²) in [5.41, 5.74) is 0.0682. The lowest BCUT2D eigenvalue weighted by Gasteiger charge is -2.37. The van der Waals surface area contributed by atoms with Gasteiger partial charge < -0.3 is 14.5 Å². The van der Waals surface area contributed by atoms with Crippen LogP contribution in [0.5, 0.6) is 5.75 Å². The summed E-state index contributed by atoms with van der Waals surface area (Å²) in [4.78, 5) is 27.4. The zero-order valence-corrected chi connectivity index (χ0v) is 15.8. The van der Waals surface area contributed by atoms with Crippen molar-refractivity contribution in [2.24, 2.45) is 11.8 Å². The zero-order valence-electron chi connectivity index (χ0n) is 15.8. The number of likely N-dealkylation sites (tertiary alicyclic amines) is 1. The summed E-state index contributed by atoms with van der Waals surface area (Å²) in [6.45, 7) is 4.86. The van der Waals surface area contributed by atoms with E-state index in [1.165, 1.54) is 13.2 Å². The Bertz CT molecular complexity index is 719. The van der Waals surface area contributed by atoms with Gasteiger partial charge in [0.1, 0.15) is 5.69 Å². The van der Waals surface area contributed by atoms with Crippen LogP contribution < -0.4 is 9.64 Å². The Morgan fingerprint density at radius 3 is 2.56 bits per heavy atom. The van der Waals surface area contributed by atoms with Crippen LogP contribution in [0.3, 0.4) is 0 Å². The van der Waals surface area contributed by atoms with Gasteiger partial charge in [-0.25, -0.2) is 4.39 Å². The number of nitro groups is 1. The van der Waals surface area contributed by atoms with Crippen molar-refractivity contribution in [3.05, 3.63) is 28.1 Å². The molecular formula is C19H26FN3O4. The Morgan fingerprint density at radius 1 is 1.26 bits per heavy atom. The standard InChI is InChI=1S/C19H26FN3O4/c1-13-4-3-7-22(12-13)19(24)14-5-8-21(9-6-14)16-11-18(27-2)15(20)10-17(16)23(25)26/h10-11,13-14H,3-9,12H2,1-2H3. The van der Waals surface area contributed by atoms with Gasteiger partial charge in [-0.05, 0) is 31.6 Å². The molecule has 1 aromatic rings. The number of hydrogen-bond donors (Lipinski definition) is 0. The lowest BCUT2D eigenvalue weighted by molar-refractivity contribution is -0.384. The number of carbonyl (C=O) groups excluding carboxylic acids is 1. The number of methoxy groups -OCH3 is 1. The molecule has 0 spiro atoms. The minimum absolute atomic E-state index is 0.0175. The van der Waals surface area contributed by atoms with Gasteiger partial charge >= 0.3 is 0 Å². The predicted molar refractivity (Wildman–Crippen MR) is 99.5 cm³/mol. The topological polar surface area (TPSA) is 75.9 Å². The summed E-state index contributed by atoms with van der Waals surface area (Å²) in [6, 6.07) is 2.28. The molecular weight excluding hydrogens is 353 g/mol. The highest BCUT2D eigenvalue weighted by Gasteiger charge is 2.32. The molecule has 0 bridgehead atoms. The lowest BCUT2D eigenvalue weighted by atomic mass is 9.92. The maximum atomic E-state index is 13.9. The van der Waals surface area contributed by atoms with Gasteiger partial charge in [-0.2, -0.15) is 0 Å². The number of anilines is 1. The number of halogens is 1. The van der Waals surface area contributed by atoms with Crippen LogP contribution in [0.15, 0.2) is 12.1 Å². The van der Waals surface area contributed by atoms with E-state index in [0.717, 1.165) is 32.0 Å². The molecule has 0 aliphatic carbocycles. The van der Waals surface area contributed by atoms with Crippen LogP contribution in [0, 0.1) is 27.8 Å². The number of nitro benzene ring substituents is 1. The van der Waals surface area contributed by atoms with Crippen molar-refractivity contribution in [1.82, 2.24) is 4.90 Å². The Hall–Kier alpha value is -2.38. The van der Waals surface area contributed by atoms with E-state index in [-0.39, 0.29) is 23.3 Å². The number of piperidine rings is 2. The molecule has 7 nitrogen and oxygen atoms in total. The van der Waals surface area contributed by atoms with Crippen LogP contribution in [0.25, 0.3) is 0 Å². The van der Waals surface area contributed by atoms with E-state index >= 15 is 0 Å². The van der Waals surface area contributed by atoms with Crippen LogP contribution in [-0.4, -0.2) is 49.0 Å². The van der Waals surface area contributed by atoms with Crippen molar-refractivity contribution >= 4 is 17.3 Å². The number of nitrogens with zero attached hydrogens (tertiary/aromatic N) is 3. The van der Waals surface area contributed by atoms with Crippen molar-refractivity contribution in [2.75, 3.05) is 38.2 Å². The number of carbonyl (C=O) groups is 1. The molecule has 2 fully saturated rings. The second-order valence-electron chi connectivity index (χ2n) is 7.53. The third kappa shape index (κ3) is 4.14. The van der Waals surface area contributed by atoms with E-state index in [0.29, 0.717) is 37.5 Å². The fourth-order valence-electron chi connectivity index (χ4n) is 4.10. The minimum atomic E-state index is -0.753. The van der Waals surface area contributed by atoms with Gasteiger partial charge in [-0.1, -0.05) is 6.92 Å². The normalized spacial score (nSPS) is 21.2. The number of hydrogen-bond acceptors (Lipinski definition) is 5. The summed E-state index contributed by atoms with van der Waals surface area (Å²) in [6.07, 6.45) is 3.49. The van der Waals surface area contributed by atoms with Crippen molar-refractivity contribution in [3.8, 4) is 5.75 Å². The molecule has 2 saturated heterocycles. The predicted octanol–water partition coefficient (Wildman–Crippen LogP) is 3.22. The maximum absolute atomic E-state index is 13.9. The Morgan fingerprint density at radius 2 is 1.96 bits per heavy atom. The molecule has 1 atom stereocenters. The first kappa shape index (κ1) is 19.4. The third-order valence-electron chi connectivity index (χ3n) is 5.60. The molecule has 2 heterocycles. The highest BCUT2D eigenvalue weighted by Crippen LogP contribution is 2.36. The Balaban J connectivity index is 1.70. The third-order valence-corrected chi connectivity index (χ3v) is 5.60. The largest absolute Gasteiger partial charge is 0.494 e. The smallest absolute Gasteiger partial charge is 0.295 e. The molecule has 1 amide bonds. The summed E-state index contributed by atoms with van der Waals surface area (Å²) >= 11 is 0. The van der Waals surface area contributed by atoms with Gasteiger partial charge in [0, 0.05) is 38.2 Å². The lowest BCUT2D eigenvalue weighted by Crippen LogP contribution is -2.46. The Kier molecular flexibility index (Phi) is 5.82. The number of benzene rings is 1. The quantitative estimate of drug-likeness (QED) is 0.593. The molecule has 1 unspecified atom stereocenters. The van der Waals surface area contributed by atoms with Crippen molar-refractivity contribution in [1.29, 1.82) is 0 Å². The summed E-state index contributed by atoms with van der Waals surface area (Å²) < 4.78 is 18.8. The van der Waals surface area contributed by atoms with Crippen LogP contribution in [0.4, 0.5) is 15.8 Å². The summed E-state index contributed by atoms with van der Waals surface area (Å²) in [5, 5.41) is 11.3. The van der Waals surface area contributed by atoms with Crippen molar-refractivity contribution in [2.45, 2.75) is 32.6 Å². The number of amides is 1. The molecule has 1 aromatic carbocycles. The van der Waals surface area contributed by atoms with Crippen LogP contribution in [0.2, 0.25) is 0 Å². The van der Waals surface area contributed by atoms with Crippen molar-refractivity contribution in [3.63, 3.8) is 0 Å². The van der Waals surface area contributed by atoms with Gasteiger partial charge in [0.25, 0.3) is 5.69 Å². The van der Waals surface area contributed by atoms with Gasteiger partial charge in [0.15, 0.2) is 11.6 Å². The zero-order chi connectivity index (χ0) is 19.6. The maximum Gasteiger partial charge on any atom is 0.295 e. The molecule has 27 heavy (non-hydrogen) atoms. The first-order valence-corrected chi connectivity index (χ1v) is 9.46. The van der Waals surface area contributed by atoms with E-state index in [2.05, 4.69) is 6.92 Å². The van der Waals surface area contributed by atoms with Gasteiger partial charge in [0.05, 0.1) is 18.1 Å². The van der Waals surface area contributed by atoms with E-state index < -0.39 is 10.7 Å². The molecule has 3 rings (SSSR count). The van der Waals surface area contributed by atoms with Gasteiger partial charge in [-0.3, -0.25) is 14.9 Å². The molecule has 148 valence electrons. The fourth-order valence-corrected chi connectivity index (χ4v) is 4.10. The average Bonchev–Trinajstić information content (AvgIpc) is 2.67. The van der Waals surface area contributed by atoms with Crippen LogP contribution >= 0.6 is 0 Å². The molecule has 0 N–H and O–H groups in total. The average molecular weight is 379 g/mol. The fraction of sp³-hybridized carbons (Fsp3) is 0.632. The van der Waals surface area contributed by atoms with Gasteiger partial charge in [0.2, 0.25) is 5.91 Å². The Labute approximate surface area is 158 Å². The molecule has 8 heteroatoms. The van der Waals surface area contributed by atoms with E-state index in [1.54, 1.807) is 0 Å². The monoisotopic (exact) mass is 379 g/mol. The summed E-state index contributed by atoms with van der Waals surface area (Å²) in [7, 11) is 1.33. The molecule has 0 aromatic heterocycles. The van der Waals surface area contributed by atoms with E-state index in [1.807, 2.05) is 9.80 Å². The molecule has 2 aliphatic rings. The number of rotatable bonds is 4. The van der Waals surface area contributed by atoms with Gasteiger partial charge in [-0.15, -0.1) is 0 Å². The minimum Gasteiger partial charge on any atom is -0.494 e. The SMILES string of the molecule is COc1cc(N2CCC(C(=O)N3CCCC(C)C3)CC2)c([N+](=O)[O-])cc1F. The highest BCUT2D eigenvalue weighted by molar-refractivity contribution is 5.79. The van der Waals surface area contributed by atoms with E-state index in [9.17, 15) is 19.3 Å². The second kappa shape index (κ2) is 8.10. The van der Waals surface area contributed by atoms with Crippen molar-refractivity contribution < 1.29 is 18.8 Å². The summed E-state index contributed by atoms with van der Waals surface area (Å²) in [5.74, 6) is -0.0780. The van der Waals surface area contributed by atoms with Crippen LogP contribution in [-0.2, 0) is 4.79 Å². The highest BCUT2D eigenvalue weighted by atomic mass is 19.1. The second-order valence-corrected chi connectivity index (χ2v) is 7.53. The molecule has 2 aliphatic heterocycles. The first-order chi connectivity index (χ1) is 12.9. The number of ether oxygens (including phenoxy) is 1. The molecule has 0 radical (unpaired) electrons.